The predicted molar refractivity (Wildman–Crippen MR) is 88.9 cm³/mol. The van der Waals surface area contributed by atoms with Crippen LogP contribution in [-0.2, 0) is 13.0 Å². The molecule has 0 atom stereocenters. The van der Waals surface area contributed by atoms with Crippen LogP contribution in [0.2, 0.25) is 0 Å². The van der Waals surface area contributed by atoms with Crippen molar-refractivity contribution in [2.45, 2.75) is 45.1 Å². The lowest BCUT2D eigenvalue weighted by Crippen LogP contribution is -2.30. The Morgan fingerprint density at radius 3 is 3.00 bits per heavy atom. The number of aromatic nitrogens is 2. The zero-order chi connectivity index (χ0) is 14.9. The first kappa shape index (κ1) is 14.0. The second-order valence-electron chi connectivity index (χ2n) is 6.15. The number of hydrogen-bond acceptors (Lipinski definition) is 5. The lowest BCUT2D eigenvalue weighted by Gasteiger charge is -2.28. The van der Waals surface area contributed by atoms with Crippen LogP contribution < -0.4 is 9.64 Å². The molecule has 0 N–H and O–H groups in total. The Balaban J connectivity index is 1.48. The molecular formula is C17H21N3OS. The van der Waals surface area contributed by atoms with E-state index in [2.05, 4.69) is 40.2 Å². The fourth-order valence-corrected chi connectivity index (χ4v) is 3.89. The van der Waals surface area contributed by atoms with Gasteiger partial charge in [-0.2, -0.15) is 0 Å². The highest BCUT2D eigenvalue weighted by atomic mass is 32.1. The normalized spacial score (nSPS) is 17.4. The molecule has 1 aliphatic carbocycles. The molecule has 0 spiro atoms. The van der Waals surface area contributed by atoms with Crippen molar-refractivity contribution < 1.29 is 4.74 Å². The predicted octanol–water partition coefficient (Wildman–Crippen LogP) is 3.77. The average molecular weight is 315 g/mol. The van der Waals surface area contributed by atoms with E-state index in [0.29, 0.717) is 5.92 Å². The summed E-state index contributed by atoms with van der Waals surface area (Å²) in [5.41, 5.74) is 2.80. The van der Waals surface area contributed by atoms with E-state index in [1.54, 1.807) is 11.3 Å². The maximum atomic E-state index is 5.74. The van der Waals surface area contributed by atoms with Gasteiger partial charge in [-0.1, -0.05) is 24.3 Å². The minimum Gasteiger partial charge on any atom is -0.494 e. The topological polar surface area (TPSA) is 38.2 Å². The molecular weight excluding hydrogens is 294 g/mol. The fraction of sp³-hybridized carbons (Fsp3) is 0.529. The van der Waals surface area contributed by atoms with Crippen LogP contribution in [0.25, 0.3) is 0 Å². The number of benzene rings is 1. The van der Waals surface area contributed by atoms with E-state index in [9.17, 15) is 0 Å². The van der Waals surface area contributed by atoms with Gasteiger partial charge in [0.2, 0.25) is 5.13 Å². The minimum atomic E-state index is 0.696. The maximum Gasteiger partial charge on any atom is 0.208 e. The van der Waals surface area contributed by atoms with Gasteiger partial charge in [0.05, 0.1) is 6.61 Å². The van der Waals surface area contributed by atoms with Gasteiger partial charge in [-0.15, -0.1) is 10.2 Å². The molecule has 1 aromatic carbocycles. The average Bonchev–Trinajstić information content (AvgIpc) is 3.29. The first-order chi connectivity index (χ1) is 10.8. The second kappa shape index (κ2) is 5.88. The van der Waals surface area contributed by atoms with E-state index < -0.39 is 0 Å². The van der Waals surface area contributed by atoms with Crippen molar-refractivity contribution in [3.63, 3.8) is 0 Å². The van der Waals surface area contributed by atoms with E-state index in [1.165, 1.54) is 29.0 Å². The van der Waals surface area contributed by atoms with Crippen molar-refractivity contribution in [2.24, 2.45) is 0 Å². The number of fused-ring (bicyclic) bond motifs is 1. The Bertz CT molecular complexity index is 666. The van der Waals surface area contributed by atoms with Crippen LogP contribution in [0.5, 0.6) is 5.75 Å². The SMILES string of the molecule is CCCOc1ccc2c(c1)CCN(c1nnc(C3CC3)s1)C2. The van der Waals surface area contributed by atoms with Crippen molar-refractivity contribution in [3.8, 4) is 5.75 Å². The van der Waals surface area contributed by atoms with Gasteiger partial charge in [-0.3, -0.25) is 0 Å². The molecule has 2 heterocycles. The summed E-state index contributed by atoms with van der Waals surface area (Å²) < 4.78 is 5.74. The first-order valence-corrected chi connectivity index (χ1v) is 8.98. The highest BCUT2D eigenvalue weighted by Gasteiger charge is 2.29. The standard InChI is InChI=1S/C17H21N3OS/c1-2-9-21-15-6-5-14-11-20(8-7-13(14)10-15)17-19-18-16(22-17)12-3-4-12/h5-6,10,12H,2-4,7-9,11H2,1H3. The monoisotopic (exact) mass is 315 g/mol. The van der Waals surface area contributed by atoms with Gasteiger partial charge < -0.3 is 9.64 Å². The molecule has 1 aliphatic heterocycles. The zero-order valence-corrected chi connectivity index (χ0v) is 13.7. The molecule has 0 bridgehead atoms. The van der Waals surface area contributed by atoms with Gasteiger partial charge in [0.25, 0.3) is 0 Å². The fourth-order valence-electron chi connectivity index (χ4n) is 2.85. The van der Waals surface area contributed by atoms with E-state index in [4.69, 9.17) is 4.74 Å². The van der Waals surface area contributed by atoms with Crippen molar-refractivity contribution in [1.82, 2.24) is 10.2 Å². The molecule has 116 valence electrons. The molecule has 0 amide bonds. The van der Waals surface area contributed by atoms with Crippen molar-refractivity contribution in [2.75, 3.05) is 18.1 Å². The summed E-state index contributed by atoms with van der Waals surface area (Å²) in [6.45, 7) is 4.88. The van der Waals surface area contributed by atoms with Gasteiger partial charge in [0.1, 0.15) is 10.8 Å². The number of anilines is 1. The lowest BCUT2D eigenvalue weighted by molar-refractivity contribution is 0.317. The summed E-state index contributed by atoms with van der Waals surface area (Å²) >= 11 is 1.78. The number of ether oxygens (including phenoxy) is 1. The Hall–Kier alpha value is -1.62. The maximum absolute atomic E-state index is 5.74. The third-order valence-corrected chi connectivity index (χ3v) is 5.44. The van der Waals surface area contributed by atoms with Gasteiger partial charge in [-0.25, -0.2) is 0 Å². The summed E-state index contributed by atoms with van der Waals surface area (Å²) in [4.78, 5) is 2.36. The van der Waals surface area contributed by atoms with E-state index >= 15 is 0 Å². The van der Waals surface area contributed by atoms with Crippen LogP contribution in [0.3, 0.4) is 0 Å². The van der Waals surface area contributed by atoms with Crippen molar-refractivity contribution in [3.05, 3.63) is 34.3 Å². The lowest BCUT2D eigenvalue weighted by atomic mass is 10.00. The van der Waals surface area contributed by atoms with Gasteiger partial charge in [-0.05, 0) is 48.9 Å². The second-order valence-corrected chi connectivity index (χ2v) is 7.14. The molecule has 4 nitrogen and oxygen atoms in total. The third-order valence-electron chi connectivity index (χ3n) is 4.29. The zero-order valence-electron chi connectivity index (χ0n) is 12.9. The van der Waals surface area contributed by atoms with E-state index in [0.717, 1.165) is 43.4 Å². The molecule has 1 fully saturated rings. The smallest absolute Gasteiger partial charge is 0.208 e. The largest absolute Gasteiger partial charge is 0.494 e. The van der Waals surface area contributed by atoms with Crippen LogP contribution >= 0.6 is 11.3 Å². The molecule has 4 rings (SSSR count). The van der Waals surface area contributed by atoms with Crippen LogP contribution in [0.4, 0.5) is 5.13 Å². The summed E-state index contributed by atoms with van der Waals surface area (Å²) in [6, 6.07) is 6.50. The minimum absolute atomic E-state index is 0.696. The summed E-state index contributed by atoms with van der Waals surface area (Å²) in [5, 5.41) is 11.1. The Morgan fingerprint density at radius 2 is 2.18 bits per heavy atom. The third kappa shape index (κ3) is 2.82. The van der Waals surface area contributed by atoms with Crippen molar-refractivity contribution in [1.29, 1.82) is 0 Å². The van der Waals surface area contributed by atoms with Crippen LogP contribution in [0.15, 0.2) is 18.2 Å². The number of nitrogens with zero attached hydrogens (tertiary/aromatic N) is 3. The quantitative estimate of drug-likeness (QED) is 0.842. The van der Waals surface area contributed by atoms with E-state index in [1.807, 2.05) is 0 Å². The molecule has 1 saturated carbocycles. The molecule has 2 aromatic rings. The highest BCUT2D eigenvalue weighted by Crippen LogP contribution is 2.43. The van der Waals surface area contributed by atoms with Crippen LogP contribution in [0.1, 0.15) is 48.2 Å². The Labute approximate surface area is 135 Å². The molecule has 22 heavy (non-hydrogen) atoms. The summed E-state index contributed by atoms with van der Waals surface area (Å²) in [5.74, 6) is 1.70. The van der Waals surface area contributed by atoms with Gasteiger partial charge in [0.15, 0.2) is 0 Å². The molecule has 0 unspecified atom stereocenters. The van der Waals surface area contributed by atoms with Gasteiger partial charge in [0, 0.05) is 19.0 Å². The molecule has 2 aliphatic rings. The molecule has 0 saturated heterocycles. The summed E-state index contributed by atoms with van der Waals surface area (Å²) in [6.07, 6.45) is 4.68. The van der Waals surface area contributed by atoms with E-state index in [-0.39, 0.29) is 0 Å². The Kier molecular flexibility index (Phi) is 3.74. The molecule has 1 aromatic heterocycles. The molecule has 0 radical (unpaired) electrons. The van der Waals surface area contributed by atoms with Crippen molar-refractivity contribution >= 4 is 16.5 Å². The van der Waals surface area contributed by atoms with Crippen LogP contribution in [-0.4, -0.2) is 23.3 Å². The molecule has 5 heteroatoms. The number of hydrogen-bond donors (Lipinski definition) is 0. The Morgan fingerprint density at radius 1 is 1.27 bits per heavy atom. The highest BCUT2D eigenvalue weighted by molar-refractivity contribution is 7.15. The first-order valence-electron chi connectivity index (χ1n) is 8.16. The summed E-state index contributed by atoms with van der Waals surface area (Å²) in [7, 11) is 0. The number of rotatable bonds is 5. The van der Waals surface area contributed by atoms with Gasteiger partial charge >= 0.3 is 0 Å². The van der Waals surface area contributed by atoms with Crippen LogP contribution in [0, 0.1) is 0 Å².